The predicted octanol–water partition coefficient (Wildman–Crippen LogP) is 2.09. The number of hydrazine groups is 1. The first-order valence-corrected chi connectivity index (χ1v) is 8.49. The van der Waals surface area contributed by atoms with E-state index < -0.39 is 29.6 Å². The van der Waals surface area contributed by atoms with E-state index >= 15 is 0 Å². The van der Waals surface area contributed by atoms with Crippen molar-refractivity contribution in [3.05, 3.63) is 47.5 Å². The Bertz CT molecular complexity index is 723. The van der Waals surface area contributed by atoms with Gasteiger partial charge in [0.15, 0.2) is 0 Å². The summed E-state index contributed by atoms with van der Waals surface area (Å²) in [4.78, 5) is 36.0. The van der Waals surface area contributed by atoms with E-state index in [4.69, 9.17) is 0 Å². The highest BCUT2D eigenvalue weighted by Crippen LogP contribution is 2.48. The van der Waals surface area contributed by atoms with Crippen molar-refractivity contribution in [2.75, 3.05) is 0 Å². The number of allylic oxidation sites excluding steroid dienone is 2. The van der Waals surface area contributed by atoms with Crippen LogP contribution >= 0.6 is 0 Å². The molecule has 3 N–H and O–H groups in total. The second-order valence-corrected chi connectivity index (χ2v) is 7.06. The van der Waals surface area contributed by atoms with Crippen LogP contribution in [0.3, 0.4) is 0 Å². The van der Waals surface area contributed by atoms with Crippen LogP contribution in [0.4, 0.5) is 0 Å². The average molecular weight is 342 g/mol. The van der Waals surface area contributed by atoms with Crippen LogP contribution in [0, 0.1) is 23.7 Å². The number of aliphatic carboxylic acids is 1. The molecule has 6 heteroatoms. The minimum absolute atomic E-state index is 0.0756. The van der Waals surface area contributed by atoms with Crippen LogP contribution in [0.25, 0.3) is 0 Å². The molecule has 25 heavy (non-hydrogen) atoms. The fourth-order valence-corrected chi connectivity index (χ4v) is 3.81. The molecule has 2 aliphatic carbocycles. The maximum absolute atomic E-state index is 12.4. The Morgan fingerprint density at radius 3 is 2.16 bits per heavy atom. The summed E-state index contributed by atoms with van der Waals surface area (Å²) in [6, 6.07) is 7.17. The highest BCUT2D eigenvalue weighted by Gasteiger charge is 2.51. The van der Waals surface area contributed by atoms with Crippen LogP contribution in [0.5, 0.6) is 0 Å². The fraction of sp³-hybridized carbons (Fsp3) is 0.421. The van der Waals surface area contributed by atoms with Crippen molar-refractivity contribution in [3.8, 4) is 0 Å². The Labute approximate surface area is 146 Å². The van der Waals surface area contributed by atoms with Gasteiger partial charge in [-0.2, -0.15) is 0 Å². The number of carboxylic acids is 1. The number of carbonyl (C=O) groups is 3. The third kappa shape index (κ3) is 3.29. The molecular formula is C19H22N2O4. The van der Waals surface area contributed by atoms with Gasteiger partial charge in [-0.15, -0.1) is 0 Å². The molecule has 1 saturated carbocycles. The van der Waals surface area contributed by atoms with E-state index in [-0.39, 0.29) is 11.8 Å². The van der Waals surface area contributed by atoms with E-state index in [1.165, 1.54) is 0 Å². The lowest BCUT2D eigenvalue weighted by molar-refractivity contribution is -0.148. The van der Waals surface area contributed by atoms with Gasteiger partial charge in [0.2, 0.25) is 5.91 Å². The first kappa shape index (κ1) is 17.2. The van der Waals surface area contributed by atoms with Gasteiger partial charge in [-0.3, -0.25) is 25.2 Å². The molecule has 0 heterocycles. The van der Waals surface area contributed by atoms with Gasteiger partial charge in [0.05, 0.1) is 11.8 Å². The summed E-state index contributed by atoms with van der Waals surface area (Å²) in [6.45, 7) is 4.13. The number of benzene rings is 1. The third-order valence-electron chi connectivity index (χ3n) is 5.19. The van der Waals surface area contributed by atoms with Gasteiger partial charge >= 0.3 is 5.97 Å². The molecule has 0 radical (unpaired) electrons. The van der Waals surface area contributed by atoms with Crippen LogP contribution in [-0.4, -0.2) is 22.9 Å². The molecule has 0 aliphatic heterocycles. The Balaban J connectivity index is 1.61. The molecule has 4 unspecified atom stereocenters. The van der Waals surface area contributed by atoms with Crippen LogP contribution in [0.15, 0.2) is 36.4 Å². The normalized spacial score (nSPS) is 26.7. The fourth-order valence-electron chi connectivity index (χ4n) is 3.81. The zero-order valence-electron chi connectivity index (χ0n) is 14.2. The summed E-state index contributed by atoms with van der Waals surface area (Å²) >= 11 is 0. The summed E-state index contributed by atoms with van der Waals surface area (Å²) in [7, 11) is 0. The molecular weight excluding hydrogens is 320 g/mol. The van der Waals surface area contributed by atoms with Gasteiger partial charge < -0.3 is 5.11 Å². The Hall–Kier alpha value is -2.63. The molecule has 132 valence electrons. The van der Waals surface area contributed by atoms with E-state index in [9.17, 15) is 19.5 Å². The van der Waals surface area contributed by atoms with Gasteiger partial charge in [-0.1, -0.05) is 38.1 Å². The van der Waals surface area contributed by atoms with Crippen LogP contribution in [0.2, 0.25) is 0 Å². The number of nitrogens with one attached hydrogen (secondary N) is 2. The van der Waals surface area contributed by atoms with E-state index in [0.717, 1.165) is 5.56 Å². The second-order valence-electron chi connectivity index (χ2n) is 7.06. The van der Waals surface area contributed by atoms with Crippen molar-refractivity contribution in [3.63, 3.8) is 0 Å². The molecule has 0 saturated heterocycles. The van der Waals surface area contributed by atoms with Crippen molar-refractivity contribution in [1.82, 2.24) is 10.9 Å². The molecule has 2 bridgehead atoms. The van der Waals surface area contributed by atoms with Gasteiger partial charge in [-0.05, 0) is 41.9 Å². The van der Waals surface area contributed by atoms with Crippen molar-refractivity contribution in [2.24, 2.45) is 23.7 Å². The summed E-state index contributed by atoms with van der Waals surface area (Å²) in [5, 5.41) is 9.38. The second kappa shape index (κ2) is 6.70. The number of fused-ring (bicyclic) bond motifs is 2. The highest BCUT2D eigenvalue weighted by molar-refractivity contribution is 5.96. The van der Waals surface area contributed by atoms with Crippen molar-refractivity contribution in [1.29, 1.82) is 0 Å². The summed E-state index contributed by atoms with van der Waals surface area (Å²) in [6.07, 6.45) is 4.46. The van der Waals surface area contributed by atoms with E-state index in [1.54, 1.807) is 12.1 Å². The Morgan fingerprint density at radius 1 is 1.00 bits per heavy atom. The van der Waals surface area contributed by atoms with Crippen LogP contribution < -0.4 is 10.9 Å². The molecule has 4 atom stereocenters. The zero-order valence-corrected chi connectivity index (χ0v) is 14.2. The quantitative estimate of drug-likeness (QED) is 0.577. The Kier molecular flexibility index (Phi) is 4.61. The molecule has 0 aromatic heterocycles. The standard InChI is InChI=1S/C19H22N2O4/c1-10(2)11-3-5-12(6-4-11)17(22)20-21-18(23)15-13-7-8-14(9-13)16(15)19(24)25/h3-8,10,13-16H,9H2,1-2H3,(H,20,22)(H,21,23)(H,24,25). The molecule has 2 amide bonds. The van der Waals surface area contributed by atoms with Gasteiger partial charge in [-0.25, -0.2) is 0 Å². The molecule has 1 aromatic rings. The minimum atomic E-state index is -0.965. The maximum atomic E-state index is 12.4. The number of hydrogen-bond donors (Lipinski definition) is 3. The van der Waals surface area contributed by atoms with E-state index in [2.05, 4.69) is 24.7 Å². The zero-order chi connectivity index (χ0) is 18.1. The smallest absolute Gasteiger partial charge is 0.307 e. The van der Waals surface area contributed by atoms with E-state index in [1.807, 2.05) is 24.3 Å². The first-order valence-electron chi connectivity index (χ1n) is 8.49. The minimum Gasteiger partial charge on any atom is -0.481 e. The van der Waals surface area contributed by atoms with Crippen molar-refractivity contribution in [2.45, 2.75) is 26.2 Å². The molecule has 1 aromatic carbocycles. The molecule has 0 spiro atoms. The molecule has 3 rings (SSSR count). The van der Waals surface area contributed by atoms with Gasteiger partial charge in [0, 0.05) is 5.56 Å². The van der Waals surface area contributed by atoms with Crippen LogP contribution in [-0.2, 0) is 9.59 Å². The number of carboxylic acid groups (broad SMARTS) is 1. The topological polar surface area (TPSA) is 95.5 Å². The molecule has 1 fully saturated rings. The van der Waals surface area contributed by atoms with Gasteiger partial charge in [0.1, 0.15) is 0 Å². The molecule has 6 nitrogen and oxygen atoms in total. The van der Waals surface area contributed by atoms with Crippen molar-refractivity contribution >= 4 is 17.8 Å². The first-order chi connectivity index (χ1) is 11.9. The lowest BCUT2D eigenvalue weighted by Gasteiger charge is -2.23. The maximum Gasteiger partial charge on any atom is 0.307 e. The van der Waals surface area contributed by atoms with Crippen LogP contribution in [0.1, 0.15) is 42.1 Å². The van der Waals surface area contributed by atoms with Crippen molar-refractivity contribution < 1.29 is 19.5 Å². The average Bonchev–Trinajstić information content (AvgIpc) is 3.20. The number of amides is 2. The number of hydrogen-bond acceptors (Lipinski definition) is 3. The number of rotatable bonds is 4. The SMILES string of the molecule is CC(C)c1ccc(C(=O)NNC(=O)C2C3C=CC(C3)C2C(=O)O)cc1. The number of carbonyl (C=O) groups excluding carboxylic acids is 2. The monoisotopic (exact) mass is 342 g/mol. The summed E-state index contributed by atoms with van der Waals surface area (Å²) < 4.78 is 0. The van der Waals surface area contributed by atoms with Gasteiger partial charge in [0.25, 0.3) is 5.91 Å². The van der Waals surface area contributed by atoms with E-state index in [0.29, 0.717) is 17.9 Å². The Morgan fingerprint density at radius 2 is 1.60 bits per heavy atom. The summed E-state index contributed by atoms with van der Waals surface area (Å²) in [5.41, 5.74) is 6.34. The highest BCUT2D eigenvalue weighted by atomic mass is 16.4. The molecule has 2 aliphatic rings. The largest absolute Gasteiger partial charge is 0.481 e. The third-order valence-corrected chi connectivity index (χ3v) is 5.19. The lowest BCUT2D eigenvalue weighted by atomic mass is 9.82. The lowest BCUT2D eigenvalue weighted by Crippen LogP contribution is -2.48. The summed E-state index contributed by atoms with van der Waals surface area (Å²) in [5.74, 6) is -3.01. The predicted molar refractivity (Wildman–Crippen MR) is 91.5 cm³/mol.